The van der Waals surface area contributed by atoms with Crippen LogP contribution in [0.15, 0.2) is 36.5 Å². The Bertz CT molecular complexity index is 881. The highest BCUT2D eigenvalue weighted by Crippen LogP contribution is 2.34. The van der Waals surface area contributed by atoms with Crippen LogP contribution in [-0.2, 0) is 6.54 Å². The molecule has 0 aliphatic heterocycles. The second-order valence-electron chi connectivity index (χ2n) is 5.26. The summed E-state index contributed by atoms with van der Waals surface area (Å²) in [6.45, 7) is 0.686. The minimum atomic E-state index is 0.495. The Morgan fingerprint density at radius 3 is 2.62 bits per heavy atom. The fraction of sp³-hybridized carbons (Fsp3) is 0.278. The summed E-state index contributed by atoms with van der Waals surface area (Å²) >= 11 is 0. The maximum Gasteiger partial charge on any atom is 0.163 e. The molecule has 1 aromatic carbocycles. The average Bonchev–Trinajstić information content (AvgIpc) is 2.99. The number of nitrogens with zero attached hydrogens (tertiary/aromatic N) is 4. The molecule has 3 aromatic rings. The number of hydrogen-bond donors (Lipinski definition) is 0. The Morgan fingerprint density at radius 2 is 1.96 bits per heavy atom. The van der Waals surface area contributed by atoms with Gasteiger partial charge in [-0.25, -0.2) is 4.98 Å². The van der Waals surface area contributed by atoms with Gasteiger partial charge in [-0.15, -0.1) is 0 Å². The van der Waals surface area contributed by atoms with Gasteiger partial charge in [0.2, 0.25) is 0 Å². The molecule has 0 amide bonds. The van der Waals surface area contributed by atoms with Crippen molar-refractivity contribution in [3.8, 4) is 29.1 Å². The summed E-state index contributed by atoms with van der Waals surface area (Å²) in [6, 6.07) is 11.7. The SMILES string of the molecule is COc1cc2nc(-c3ccccn3)n(CCCC#N)c2cc1OC. The largest absolute Gasteiger partial charge is 0.493 e. The van der Waals surface area contributed by atoms with Crippen molar-refractivity contribution in [3.63, 3.8) is 0 Å². The summed E-state index contributed by atoms with van der Waals surface area (Å²) < 4.78 is 12.9. The highest BCUT2D eigenvalue weighted by atomic mass is 16.5. The van der Waals surface area contributed by atoms with E-state index in [1.54, 1.807) is 20.4 Å². The summed E-state index contributed by atoms with van der Waals surface area (Å²) in [4.78, 5) is 9.14. The lowest BCUT2D eigenvalue weighted by Gasteiger charge is -2.10. The topological polar surface area (TPSA) is 73.0 Å². The van der Waals surface area contributed by atoms with Gasteiger partial charge >= 0.3 is 0 Å². The normalized spacial score (nSPS) is 10.5. The predicted molar refractivity (Wildman–Crippen MR) is 90.9 cm³/mol. The smallest absolute Gasteiger partial charge is 0.163 e. The van der Waals surface area contributed by atoms with E-state index in [-0.39, 0.29) is 0 Å². The van der Waals surface area contributed by atoms with Gasteiger partial charge in [-0.2, -0.15) is 5.26 Å². The van der Waals surface area contributed by atoms with E-state index in [0.29, 0.717) is 24.5 Å². The number of unbranched alkanes of at least 4 members (excludes halogenated alkanes) is 1. The first kappa shape index (κ1) is 15.8. The molecule has 0 radical (unpaired) electrons. The van der Waals surface area contributed by atoms with Gasteiger partial charge in [0.15, 0.2) is 17.3 Å². The van der Waals surface area contributed by atoms with Crippen LogP contribution < -0.4 is 9.47 Å². The van der Waals surface area contributed by atoms with Crippen molar-refractivity contribution < 1.29 is 9.47 Å². The maximum absolute atomic E-state index is 8.82. The molecule has 0 N–H and O–H groups in total. The number of aryl methyl sites for hydroxylation is 1. The first-order valence-electron chi connectivity index (χ1n) is 7.69. The summed E-state index contributed by atoms with van der Waals surface area (Å²) in [5.74, 6) is 2.07. The quantitative estimate of drug-likeness (QED) is 0.650. The van der Waals surface area contributed by atoms with Gasteiger partial charge in [-0.05, 0) is 18.6 Å². The maximum atomic E-state index is 8.82. The van der Waals surface area contributed by atoms with Crippen LogP contribution >= 0.6 is 0 Å². The number of pyridine rings is 1. The summed E-state index contributed by atoms with van der Waals surface area (Å²) in [7, 11) is 3.22. The number of nitriles is 1. The number of hydrogen-bond acceptors (Lipinski definition) is 5. The first-order chi connectivity index (χ1) is 11.8. The van der Waals surface area contributed by atoms with Crippen LogP contribution in [0.3, 0.4) is 0 Å². The van der Waals surface area contributed by atoms with Crippen molar-refractivity contribution in [3.05, 3.63) is 36.5 Å². The fourth-order valence-corrected chi connectivity index (χ4v) is 2.68. The van der Waals surface area contributed by atoms with Crippen LogP contribution in [0, 0.1) is 11.3 Å². The van der Waals surface area contributed by atoms with Crippen molar-refractivity contribution in [2.24, 2.45) is 0 Å². The average molecular weight is 322 g/mol. The lowest BCUT2D eigenvalue weighted by atomic mass is 10.2. The van der Waals surface area contributed by atoms with Gasteiger partial charge in [-0.3, -0.25) is 4.98 Å². The van der Waals surface area contributed by atoms with Crippen molar-refractivity contribution in [2.45, 2.75) is 19.4 Å². The number of methoxy groups -OCH3 is 2. The third kappa shape index (κ3) is 2.88. The van der Waals surface area contributed by atoms with Gasteiger partial charge in [0.1, 0.15) is 5.69 Å². The number of rotatable bonds is 6. The molecule has 0 unspecified atom stereocenters. The van der Waals surface area contributed by atoms with E-state index in [1.165, 1.54) is 0 Å². The molecular weight excluding hydrogens is 304 g/mol. The molecule has 0 saturated heterocycles. The Balaban J connectivity index is 2.18. The van der Waals surface area contributed by atoms with Gasteiger partial charge in [0, 0.05) is 31.3 Å². The van der Waals surface area contributed by atoms with Crippen LogP contribution in [0.5, 0.6) is 11.5 Å². The van der Waals surface area contributed by atoms with Crippen LogP contribution in [0.4, 0.5) is 0 Å². The van der Waals surface area contributed by atoms with Crippen LogP contribution in [0.25, 0.3) is 22.6 Å². The lowest BCUT2D eigenvalue weighted by molar-refractivity contribution is 0.355. The molecule has 0 saturated carbocycles. The second-order valence-corrected chi connectivity index (χ2v) is 5.26. The molecular formula is C18H18N4O2. The Morgan fingerprint density at radius 1 is 1.17 bits per heavy atom. The van der Waals surface area contributed by atoms with Crippen LogP contribution in [0.2, 0.25) is 0 Å². The van der Waals surface area contributed by atoms with E-state index < -0.39 is 0 Å². The van der Waals surface area contributed by atoms with Crippen molar-refractivity contribution in [2.75, 3.05) is 14.2 Å². The standard InChI is InChI=1S/C18H18N4O2/c1-23-16-11-14-15(12-17(16)24-2)22(10-6-4-8-19)18(21-14)13-7-3-5-9-20-13/h3,5,7,9,11-12H,4,6,10H2,1-2H3. The highest BCUT2D eigenvalue weighted by Gasteiger charge is 2.16. The van der Waals surface area contributed by atoms with Gasteiger partial charge in [-0.1, -0.05) is 6.07 Å². The van der Waals surface area contributed by atoms with Gasteiger partial charge in [0.05, 0.1) is 31.3 Å². The third-order valence-electron chi connectivity index (χ3n) is 3.82. The van der Waals surface area contributed by atoms with E-state index in [9.17, 15) is 0 Å². The molecule has 2 aromatic heterocycles. The molecule has 122 valence electrons. The third-order valence-corrected chi connectivity index (χ3v) is 3.82. The molecule has 0 fully saturated rings. The Kier molecular flexibility index (Phi) is 4.62. The van der Waals surface area contributed by atoms with Gasteiger partial charge in [0.25, 0.3) is 0 Å². The second kappa shape index (κ2) is 7.01. The minimum absolute atomic E-state index is 0.495. The predicted octanol–water partition coefficient (Wildman–Crippen LogP) is 3.42. The summed E-state index contributed by atoms with van der Waals surface area (Å²) in [5.41, 5.74) is 2.54. The molecule has 0 bridgehead atoms. The van der Waals surface area contributed by atoms with E-state index in [1.807, 2.05) is 30.3 Å². The number of fused-ring (bicyclic) bond motifs is 1. The molecule has 2 heterocycles. The Hall–Kier alpha value is -3.07. The molecule has 24 heavy (non-hydrogen) atoms. The monoisotopic (exact) mass is 322 g/mol. The van der Waals surface area contributed by atoms with Crippen molar-refractivity contribution in [1.29, 1.82) is 5.26 Å². The minimum Gasteiger partial charge on any atom is -0.493 e. The zero-order valence-electron chi connectivity index (χ0n) is 13.7. The molecule has 0 spiro atoms. The van der Waals surface area contributed by atoms with E-state index in [2.05, 4.69) is 15.6 Å². The Labute approximate surface area is 140 Å². The zero-order valence-corrected chi connectivity index (χ0v) is 13.7. The van der Waals surface area contributed by atoms with E-state index >= 15 is 0 Å². The first-order valence-corrected chi connectivity index (χ1v) is 7.69. The molecule has 0 aliphatic carbocycles. The van der Waals surface area contributed by atoms with Crippen LogP contribution in [0.1, 0.15) is 12.8 Å². The number of imidazole rings is 1. The van der Waals surface area contributed by atoms with Crippen molar-refractivity contribution in [1.82, 2.24) is 14.5 Å². The lowest BCUT2D eigenvalue weighted by Crippen LogP contribution is -2.02. The number of aromatic nitrogens is 3. The van der Waals surface area contributed by atoms with E-state index in [4.69, 9.17) is 19.7 Å². The zero-order chi connectivity index (χ0) is 16.9. The fourth-order valence-electron chi connectivity index (χ4n) is 2.68. The molecule has 3 rings (SSSR count). The summed E-state index contributed by atoms with van der Waals surface area (Å²) in [6.07, 6.45) is 2.99. The molecule has 0 aliphatic rings. The number of ether oxygens (including phenoxy) is 2. The highest BCUT2D eigenvalue weighted by molar-refractivity contribution is 5.83. The molecule has 0 atom stereocenters. The van der Waals surface area contributed by atoms with E-state index in [0.717, 1.165) is 29.0 Å². The van der Waals surface area contributed by atoms with Gasteiger partial charge < -0.3 is 14.0 Å². The summed E-state index contributed by atoms with van der Waals surface area (Å²) in [5, 5.41) is 8.82. The number of benzene rings is 1. The molecule has 6 nitrogen and oxygen atoms in total. The van der Waals surface area contributed by atoms with Crippen LogP contribution in [-0.4, -0.2) is 28.8 Å². The molecule has 6 heteroatoms. The van der Waals surface area contributed by atoms with Crippen molar-refractivity contribution >= 4 is 11.0 Å².